The first-order valence-electron chi connectivity index (χ1n) is 1.51. The average Bonchev–Trinajstić information content (AvgIpc) is 1.35. The van der Waals surface area contributed by atoms with Gasteiger partial charge < -0.3 is 0 Å². The summed E-state index contributed by atoms with van der Waals surface area (Å²) in [6, 6.07) is 0. The Hall–Kier alpha value is 0.880. The fourth-order valence-corrected chi connectivity index (χ4v) is 1.50. The van der Waals surface area contributed by atoms with Crippen molar-refractivity contribution in [1.29, 1.82) is 0 Å². The van der Waals surface area contributed by atoms with Gasteiger partial charge in [0, 0.05) is 10.8 Å². The zero-order valence-electron chi connectivity index (χ0n) is 3.08. The van der Waals surface area contributed by atoms with E-state index in [0.29, 0.717) is 6.42 Å². The lowest BCUT2D eigenvalue weighted by molar-refractivity contribution is -0.109. The molecule has 3 heteroatoms. The SMILES string of the molecule is O=C(Br)CCI. The molecule has 0 spiro atoms. The molecule has 0 heterocycles. The fourth-order valence-electron chi connectivity index (χ4n) is 0.0743. The number of hydrogen-bond acceptors (Lipinski definition) is 1. The number of rotatable bonds is 2. The molecule has 0 N–H and O–H groups in total. The lowest BCUT2D eigenvalue weighted by atomic mass is 10.6. The van der Waals surface area contributed by atoms with Crippen LogP contribution in [0.2, 0.25) is 0 Å². The monoisotopic (exact) mass is 262 g/mol. The van der Waals surface area contributed by atoms with Gasteiger partial charge in [-0.3, -0.25) is 4.79 Å². The van der Waals surface area contributed by atoms with E-state index in [9.17, 15) is 4.79 Å². The van der Waals surface area contributed by atoms with E-state index >= 15 is 0 Å². The highest BCUT2D eigenvalue weighted by Gasteiger charge is 1.87. The van der Waals surface area contributed by atoms with Gasteiger partial charge in [-0.1, -0.05) is 22.6 Å². The summed E-state index contributed by atoms with van der Waals surface area (Å²) < 4.78 is 0.999. The summed E-state index contributed by atoms with van der Waals surface area (Å²) in [7, 11) is 0. The van der Waals surface area contributed by atoms with E-state index in [2.05, 4.69) is 38.5 Å². The third-order valence-electron chi connectivity index (χ3n) is 0.291. The Kier molecular flexibility index (Phi) is 4.64. The van der Waals surface area contributed by atoms with E-state index in [-0.39, 0.29) is 4.69 Å². The first-order chi connectivity index (χ1) is 2.77. The van der Waals surface area contributed by atoms with Gasteiger partial charge in [0.25, 0.3) is 0 Å². The normalized spacial score (nSPS) is 8.33. The molecule has 0 aromatic carbocycles. The summed E-state index contributed by atoms with van der Waals surface area (Å²) in [5.41, 5.74) is 0. The Morgan fingerprint density at radius 1 is 1.83 bits per heavy atom. The van der Waals surface area contributed by atoms with E-state index in [4.69, 9.17) is 0 Å². The predicted molar refractivity (Wildman–Crippen MR) is 37.4 cm³/mol. The van der Waals surface area contributed by atoms with E-state index in [1.54, 1.807) is 0 Å². The minimum Gasteiger partial charge on any atom is -0.287 e. The van der Waals surface area contributed by atoms with Crippen molar-refractivity contribution in [3.63, 3.8) is 0 Å². The minimum absolute atomic E-state index is 0.0944. The second-order valence-corrected chi connectivity index (χ2v) is 2.76. The third kappa shape index (κ3) is 4.88. The maximum absolute atomic E-state index is 9.96. The molecule has 1 nitrogen and oxygen atoms in total. The van der Waals surface area contributed by atoms with Gasteiger partial charge in [-0.05, 0) is 15.9 Å². The molecule has 0 aromatic heterocycles. The van der Waals surface area contributed by atoms with Crippen LogP contribution in [-0.2, 0) is 4.79 Å². The molecule has 0 saturated carbocycles. The quantitative estimate of drug-likeness (QED) is 0.421. The van der Waals surface area contributed by atoms with Crippen molar-refractivity contribution in [3.05, 3.63) is 0 Å². The van der Waals surface area contributed by atoms with Gasteiger partial charge in [-0.25, -0.2) is 0 Å². The summed E-state index contributed by atoms with van der Waals surface area (Å²) in [4.78, 5) is 9.96. The maximum atomic E-state index is 9.96. The molecule has 0 rings (SSSR count). The summed E-state index contributed by atoms with van der Waals surface area (Å²) in [5, 5.41) is 0. The fraction of sp³-hybridized carbons (Fsp3) is 0.667. The van der Waals surface area contributed by atoms with Crippen LogP contribution in [0.15, 0.2) is 0 Å². The van der Waals surface area contributed by atoms with Gasteiger partial charge >= 0.3 is 0 Å². The Balaban J connectivity index is 2.83. The molecule has 0 atom stereocenters. The second-order valence-electron chi connectivity index (χ2n) is 0.794. The van der Waals surface area contributed by atoms with Crippen LogP contribution in [0, 0.1) is 0 Å². The molecule has 0 aromatic rings. The molecule has 0 aliphatic carbocycles. The average molecular weight is 263 g/mol. The molecule has 36 valence electrons. The topological polar surface area (TPSA) is 17.1 Å². The van der Waals surface area contributed by atoms with E-state index in [1.165, 1.54) is 0 Å². The molecule has 0 fully saturated rings. The first-order valence-corrected chi connectivity index (χ1v) is 3.83. The van der Waals surface area contributed by atoms with E-state index < -0.39 is 0 Å². The van der Waals surface area contributed by atoms with Crippen LogP contribution in [0.4, 0.5) is 0 Å². The number of alkyl halides is 1. The third-order valence-corrected chi connectivity index (χ3v) is 1.23. The van der Waals surface area contributed by atoms with Crippen molar-refractivity contribution in [3.8, 4) is 0 Å². The van der Waals surface area contributed by atoms with Gasteiger partial charge in [0.1, 0.15) is 0 Å². The van der Waals surface area contributed by atoms with Gasteiger partial charge in [0.05, 0.1) is 0 Å². The molecule has 0 bridgehead atoms. The largest absolute Gasteiger partial charge is 0.287 e. The molecular weight excluding hydrogens is 259 g/mol. The van der Waals surface area contributed by atoms with Crippen molar-refractivity contribution in [1.82, 2.24) is 0 Å². The minimum atomic E-state index is 0.0944. The molecule has 0 radical (unpaired) electrons. The standard InChI is InChI=1S/C3H4BrIO/c4-3(6)1-2-5/h1-2H2. The molecule has 0 aliphatic rings. The van der Waals surface area contributed by atoms with Crippen LogP contribution in [0.1, 0.15) is 6.42 Å². The number of hydrogen-bond donors (Lipinski definition) is 0. The number of carbonyl (C=O) groups is 1. The smallest absolute Gasteiger partial charge is 0.198 e. The molecular formula is C3H4BrIO. The van der Waals surface area contributed by atoms with Crippen molar-refractivity contribution >= 4 is 43.2 Å². The van der Waals surface area contributed by atoms with E-state index in [0.717, 1.165) is 4.43 Å². The maximum Gasteiger partial charge on any atom is 0.198 e. The first kappa shape index (κ1) is 6.88. The summed E-state index contributed by atoms with van der Waals surface area (Å²) >= 11 is 4.94. The molecule has 0 amide bonds. The van der Waals surface area contributed by atoms with Gasteiger partial charge in [-0.15, -0.1) is 0 Å². The van der Waals surface area contributed by atoms with Crippen LogP contribution in [0.5, 0.6) is 0 Å². The van der Waals surface area contributed by atoms with E-state index in [1.807, 2.05) is 0 Å². The molecule has 6 heavy (non-hydrogen) atoms. The van der Waals surface area contributed by atoms with Crippen molar-refractivity contribution < 1.29 is 4.79 Å². The molecule has 0 saturated heterocycles. The zero-order valence-corrected chi connectivity index (χ0v) is 6.82. The summed E-state index contributed by atoms with van der Waals surface area (Å²) in [5.74, 6) is 0. The second kappa shape index (κ2) is 4.05. The van der Waals surface area contributed by atoms with Crippen LogP contribution in [0.25, 0.3) is 0 Å². The Bertz CT molecular complexity index is 54.8. The van der Waals surface area contributed by atoms with Crippen molar-refractivity contribution in [2.75, 3.05) is 4.43 Å². The van der Waals surface area contributed by atoms with Crippen LogP contribution in [-0.4, -0.2) is 9.12 Å². The zero-order chi connectivity index (χ0) is 4.99. The summed E-state index contributed by atoms with van der Waals surface area (Å²) in [6.45, 7) is 0. The Labute approximate surface area is 58.8 Å². The lowest BCUT2D eigenvalue weighted by Gasteiger charge is -1.77. The number of carbonyl (C=O) groups excluding carboxylic acids is 1. The van der Waals surface area contributed by atoms with Crippen molar-refractivity contribution in [2.24, 2.45) is 0 Å². The van der Waals surface area contributed by atoms with Crippen molar-refractivity contribution in [2.45, 2.75) is 6.42 Å². The van der Waals surface area contributed by atoms with Crippen LogP contribution >= 0.6 is 38.5 Å². The Morgan fingerprint density at radius 2 is 2.33 bits per heavy atom. The molecule has 0 aliphatic heterocycles. The Morgan fingerprint density at radius 3 is 2.33 bits per heavy atom. The number of halogens is 2. The van der Waals surface area contributed by atoms with Gasteiger partial charge in [-0.2, -0.15) is 0 Å². The highest BCUT2D eigenvalue weighted by molar-refractivity contribution is 14.1. The van der Waals surface area contributed by atoms with Crippen LogP contribution < -0.4 is 0 Å². The van der Waals surface area contributed by atoms with Crippen LogP contribution in [0.3, 0.4) is 0 Å². The summed E-state index contributed by atoms with van der Waals surface area (Å²) in [6.07, 6.45) is 0.639. The lowest BCUT2D eigenvalue weighted by Crippen LogP contribution is -1.82. The highest BCUT2D eigenvalue weighted by Crippen LogP contribution is 1.94. The van der Waals surface area contributed by atoms with Gasteiger partial charge in [0.15, 0.2) is 4.69 Å². The highest BCUT2D eigenvalue weighted by atomic mass is 127. The van der Waals surface area contributed by atoms with Gasteiger partial charge in [0.2, 0.25) is 0 Å². The predicted octanol–water partition coefficient (Wildman–Crippen LogP) is 1.73. The molecule has 0 unspecified atom stereocenters.